The number of rotatable bonds is 2. The van der Waals surface area contributed by atoms with Crippen LogP contribution in [0.1, 0.15) is 40.5 Å². The fraction of sp³-hybridized carbons (Fsp3) is 0.615. The normalized spacial score (nSPS) is 26.0. The third-order valence-electron chi connectivity index (χ3n) is 3.27. The van der Waals surface area contributed by atoms with Crippen molar-refractivity contribution in [2.45, 2.75) is 40.5 Å². The second-order valence-corrected chi connectivity index (χ2v) is 5.06. The number of ketones is 1. The Morgan fingerprint density at radius 2 is 2.20 bits per heavy atom. The summed E-state index contributed by atoms with van der Waals surface area (Å²) in [5.74, 6) is -0.193. The molecule has 0 radical (unpaired) electrons. The van der Waals surface area contributed by atoms with E-state index in [2.05, 4.69) is 26.8 Å². The molecule has 0 heterocycles. The van der Waals surface area contributed by atoms with Crippen LogP contribution in [-0.2, 0) is 4.79 Å². The predicted molar refractivity (Wildman–Crippen MR) is 61.7 cm³/mol. The minimum Gasteiger partial charge on any atom is -0.505 e. The van der Waals surface area contributed by atoms with Crippen molar-refractivity contribution in [3.8, 4) is 0 Å². The number of aliphatic hydroxyl groups excluding tert-OH is 1. The van der Waals surface area contributed by atoms with Gasteiger partial charge in [-0.2, -0.15) is 0 Å². The second-order valence-electron chi connectivity index (χ2n) is 5.06. The van der Waals surface area contributed by atoms with Crippen LogP contribution in [0.5, 0.6) is 0 Å². The van der Waals surface area contributed by atoms with E-state index in [9.17, 15) is 9.90 Å². The highest BCUT2D eigenvalue weighted by molar-refractivity contribution is 5.90. The molecular weight excluding hydrogens is 188 g/mol. The molecule has 0 aliphatic heterocycles. The number of hydrogen-bond donors (Lipinski definition) is 1. The molecule has 1 rings (SSSR count). The quantitative estimate of drug-likeness (QED) is 0.429. The van der Waals surface area contributed by atoms with Gasteiger partial charge in [0.05, 0.1) is 0 Å². The lowest BCUT2D eigenvalue weighted by Gasteiger charge is -2.36. The summed E-state index contributed by atoms with van der Waals surface area (Å²) >= 11 is 0. The Morgan fingerprint density at radius 3 is 2.67 bits per heavy atom. The third-order valence-corrected chi connectivity index (χ3v) is 3.27. The number of Topliss-reactive ketones (excluding diaryl/α,β-unsaturated/α-hetero) is 1. The molecule has 0 spiro atoms. The van der Waals surface area contributed by atoms with E-state index in [0.29, 0.717) is 0 Å². The van der Waals surface area contributed by atoms with Gasteiger partial charge in [-0.15, -0.1) is 0 Å². The van der Waals surface area contributed by atoms with Gasteiger partial charge in [-0.1, -0.05) is 25.5 Å². The zero-order valence-electron chi connectivity index (χ0n) is 10.0. The van der Waals surface area contributed by atoms with Crippen LogP contribution in [0.4, 0.5) is 0 Å². The first-order valence-corrected chi connectivity index (χ1v) is 5.43. The Morgan fingerprint density at radius 1 is 1.60 bits per heavy atom. The average Bonchev–Trinajstić information content (AvgIpc) is 2.10. The van der Waals surface area contributed by atoms with Crippen molar-refractivity contribution >= 4 is 5.78 Å². The average molecular weight is 208 g/mol. The molecule has 15 heavy (non-hydrogen) atoms. The van der Waals surface area contributed by atoms with E-state index in [1.165, 1.54) is 12.5 Å². The van der Waals surface area contributed by atoms with Crippen LogP contribution in [0.15, 0.2) is 23.5 Å². The first-order valence-electron chi connectivity index (χ1n) is 5.43. The first-order chi connectivity index (χ1) is 6.84. The van der Waals surface area contributed by atoms with Gasteiger partial charge in [0.25, 0.3) is 0 Å². The summed E-state index contributed by atoms with van der Waals surface area (Å²) in [4.78, 5) is 11.0. The first kappa shape index (κ1) is 12.0. The van der Waals surface area contributed by atoms with E-state index in [-0.39, 0.29) is 22.9 Å². The van der Waals surface area contributed by atoms with Crippen molar-refractivity contribution < 1.29 is 9.90 Å². The molecule has 0 bridgehead atoms. The van der Waals surface area contributed by atoms with Gasteiger partial charge in [0.2, 0.25) is 0 Å². The molecule has 1 N–H and O–H groups in total. The van der Waals surface area contributed by atoms with E-state index in [4.69, 9.17) is 0 Å². The van der Waals surface area contributed by atoms with Crippen molar-refractivity contribution in [1.29, 1.82) is 0 Å². The Bertz CT molecular complexity index is 321. The second kappa shape index (κ2) is 4.21. The van der Waals surface area contributed by atoms with E-state index in [1.807, 2.05) is 0 Å². The summed E-state index contributed by atoms with van der Waals surface area (Å²) in [5, 5.41) is 9.51. The van der Waals surface area contributed by atoms with Gasteiger partial charge in [0.1, 0.15) is 0 Å². The minimum atomic E-state index is -0.260. The van der Waals surface area contributed by atoms with Crippen LogP contribution in [0.3, 0.4) is 0 Å². The van der Waals surface area contributed by atoms with E-state index >= 15 is 0 Å². The Balaban J connectivity index is 3.00. The molecule has 1 unspecified atom stereocenters. The Labute approximate surface area is 91.7 Å². The molecule has 2 nitrogen and oxygen atoms in total. The SMILES string of the molecule is CC(=O)/C(O)=C\C1C(C)=CCCC1(C)C. The number of carbonyl (C=O) groups is 1. The van der Waals surface area contributed by atoms with Crippen molar-refractivity contribution in [2.75, 3.05) is 0 Å². The van der Waals surface area contributed by atoms with Gasteiger partial charge in [-0.3, -0.25) is 4.79 Å². The summed E-state index contributed by atoms with van der Waals surface area (Å²) < 4.78 is 0. The summed E-state index contributed by atoms with van der Waals surface area (Å²) in [5.41, 5.74) is 1.38. The molecule has 0 fully saturated rings. The molecule has 1 aliphatic rings. The molecule has 0 amide bonds. The highest BCUT2D eigenvalue weighted by Gasteiger charge is 2.31. The predicted octanol–water partition coefficient (Wildman–Crippen LogP) is 3.40. The standard InChI is InChI=1S/C13H20O2/c1-9-6-5-7-13(3,4)11(9)8-12(15)10(2)14/h6,8,11,15H,5,7H2,1-4H3/b12-8+. The van der Waals surface area contributed by atoms with Crippen LogP contribution < -0.4 is 0 Å². The molecular formula is C13H20O2. The topological polar surface area (TPSA) is 37.3 Å². The van der Waals surface area contributed by atoms with Crippen molar-refractivity contribution in [3.63, 3.8) is 0 Å². The van der Waals surface area contributed by atoms with Crippen LogP contribution in [-0.4, -0.2) is 10.9 Å². The van der Waals surface area contributed by atoms with Gasteiger partial charge in [-0.05, 0) is 31.3 Å². The number of allylic oxidation sites excluding steroid dienone is 4. The lowest BCUT2D eigenvalue weighted by atomic mass is 9.68. The van der Waals surface area contributed by atoms with Gasteiger partial charge < -0.3 is 5.11 Å². The van der Waals surface area contributed by atoms with Gasteiger partial charge in [0.15, 0.2) is 11.5 Å². The van der Waals surface area contributed by atoms with Crippen molar-refractivity contribution in [2.24, 2.45) is 11.3 Å². The number of carbonyl (C=O) groups excluding carboxylic acids is 1. The molecule has 84 valence electrons. The molecule has 2 heteroatoms. The Kier molecular flexibility index (Phi) is 3.38. The van der Waals surface area contributed by atoms with Gasteiger partial charge in [0, 0.05) is 12.8 Å². The van der Waals surface area contributed by atoms with Crippen LogP contribution in [0.25, 0.3) is 0 Å². The number of hydrogen-bond acceptors (Lipinski definition) is 2. The smallest absolute Gasteiger partial charge is 0.193 e. The van der Waals surface area contributed by atoms with Gasteiger partial charge >= 0.3 is 0 Å². The fourth-order valence-corrected chi connectivity index (χ4v) is 2.20. The monoisotopic (exact) mass is 208 g/mol. The maximum Gasteiger partial charge on any atom is 0.193 e. The summed E-state index contributed by atoms with van der Waals surface area (Å²) in [7, 11) is 0. The van der Waals surface area contributed by atoms with Gasteiger partial charge in [-0.25, -0.2) is 0 Å². The maximum atomic E-state index is 11.0. The molecule has 0 saturated heterocycles. The highest BCUT2D eigenvalue weighted by Crippen LogP contribution is 2.41. The van der Waals surface area contributed by atoms with Crippen LogP contribution in [0.2, 0.25) is 0 Å². The van der Waals surface area contributed by atoms with Crippen LogP contribution in [0, 0.1) is 11.3 Å². The third kappa shape index (κ3) is 2.71. The molecule has 0 aromatic rings. The zero-order chi connectivity index (χ0) is 11.6. The summed E-state index contributed by atoms with van der Waals surface area (Å²) in [6.07, 6.45) is 6.08. The summed E-state index contributed by atoms with van der Waals surface area (Å²) in [6.45, 7) is 7.81. The fourth-order valence-electron chi connectivity index (χ4n) is 2.20. The molecule has 1 aliphatic carbocycles. The van der Waals surface area contributed by atoms with E-state index in [1.54, 1.807) is 6.08 Å². The molecule has 0 aromatic carbocycles. The maximum absolute atomic E-state index is 11.0. The lowest BCUT2D eigenvalue weighted by molar-refractivity contribution is -0.116. The van der Waals surface area contributed by atoms with Crippen molar-refractivity contribution in [3.05, 3.63) is 23.5 Å². The molecule has 1 atom stereocenters. The van der Waals surface area contributed by atoms with E-state index < -0.39 is 0 Å². The molecule has 0 saturated carbocycles. The molecule has 0 aromatic heterocycles. The summed E-state index contributed by atoms with van der Waals surface area (Å²) in [6, 6.07) is 0. The van der Waals surface area contributed by atoms with Crippen molar-refractivity contribution in [1.82, 2.24) is 0 Å². The lowest BCUT2D eigenvalue weighted by Crippen LogP contribution is -2.27. The number of aliphatic hydroxyl groups is 1. The Hall–Kier alpha value is -1.05. The van der Waals surface area contributed by atoms with Crippen LogP contribution >= 0.6 is 0 Å². The largest absolute Gasteiger partial charge is 0.505 e. The minimum absolute atomic E-state index is 0.109. The zero-order valence-corrected chi connectivity index (χ0v) is 10.0. The highest BCUT2D eigenvalue weighted by atomic mass is 16.3. The van der Waals surface area contributed by atoms with E-state index in [0.717, 1.165) is 12.8 Å².